The number of fused-ring (bicyclic) bond motifs is 1. The van der Waals surface area contributed by atoms with Crippen LogP contribution in [0.4, 0.5) is 0 Å². The Bertz CT molecular complexity index is 586. The molecule has 3 aliphatic rings. The maximum atomic E-state index is 12.1. The third kappa shape index (κ3) is 2.97. The van der Waals surface area contributed by atoms with E-state index < -0.39 is 0 Å². The number of hydrogen-bond donors (Lipinski definition) is 0. The molecule has 1 unspecified atom stereocenters. The zero-order valence-corrected chi connectivity index (χ0v) is 13.2. The first-order valence-corrected chi connectivity index (χ1v) is 8.68. The van der Waals surface area contributed by atoms with E-state index in [1.54, 1.807) is 4.68 Å². The molecule has 0 bridgehead atoms. The summed E-state index contributed by atoms with van der Waals surface area (Å²) in [6.07, 6.45) is 5.71. The van der Waals surface area contributed by atoms with Crippen LogP contribution in [0.15, 0.2) is 10.9 Å². The largest absolute Gasteiger partial charge is 0.381 e. The van der Waals surface area contributed by atoms with Crippen LogP contribution < -0.4 is 5.56 Å². The van der Waals surface area contributed by atoms with Crippen molar-refractivity contribution in [2.24, 2.45) is 11.8 Å². The molecule has 0 N–H and O–H groups in total. The van der Waals surface area contributed by atoms with E-state index in [9.17, 15) is 4.79 Å². The van der Waals surface area contributed by atoms with Crippen LogP contribution in [0.1, 0.15) is 30.5 Å². The summed E-state index contributed by atoms with van der Waals surface area (Å²) in [5, 5.41) is 4.58. The predicted molar refractivity (Wildman–Crippen MR) is 84.0 cm³/mol. The molecule has 1 aliphatic carbocycles. The molecular weight excluding hydrogens is 278 g/mol. The fourth-order valence-electron chi connectivity index (χ4n) is 4.07. The van der Waals surface area contributed by atoms with Crippen LogP contribution >= 0.6 is 0 Å². The molecule has 120 valence electrons. The van der Waals surface area contributed by atoms with Gasteiger partial charge in [0.05, 0.1) is 18.8 Å². The van der Waals surface area contributed by atoms with E-state index in [2.05, 4.69) is 10.00 Å². The summed E-state index contributed by atoms with van der Waals surface area (Å²) in [4.78, 5) is 14.6. The van der Waals surface area contributed by atoms with Crippen molar-refractivity contribution in [2.45, 2.75) is 38.6 Å². The fourth-order valence-corrected chi connectivity index (χ4v) is 4.07. The molecule has 0 amide bonds. The van der Waals surface area contributed by atoms with Gasteiger partial charge in [-0.15, -0.1) is 0 Å². The Balaban J connectivity index is 1.30. The quantitative estimate of drug-likeness (QED) is 0.835. The van der Waals surface area contributed by atoms with E-state index in [1.807, 2.05) is 6.07 Å². The van der Waals surface area contributed by atoms with Crippen LogP contribution in [0.2, 0.25) is 0 Å². The molecule has 0 spiro atoms. The monoisotopic (exact) mass is 303 g/mol. The third-order valence-corrected chi connectivity index (χ3v) is 5.26. The highest BCUT2D eigenvalue weighted by molar-refractivity contribution is 5.22. The number of rotatable bonds is 4. The second kappa shape index (κ2) is 6.13. The molecular formula is C17H25N3O2. The van der Waals surface area contributed by atoms with Crippen molar-refractivity contribution < 1.29 is 4.74 Å². The maximum absolute atomic E-state index is 12.1. The van der Waals surface area contributed by atoms with Gasteiger partial charge in [0, 0.05) is 38.2 Å². The zero-order valence-electron chi connectivity index (χ0n) is 13.2. The standard InChI is InChI=1S/C17H25N3O2/c21-17-7-15-4-1-5-16(15)18-20(17)11-14-9-19(10-14)8-13-3-2-6-22-12-13/h7,13-14H,1-6,8-12H2. The summed E-state index contributed by atoms with van der Waals surface area (Å²) < 4.78 is 7.25. The van der Waals surface area contributed by atoms with Gasteiger partial charge in [0.2, 0.25) is 0 Å². The minimum Gasteiger partial charge on any atom is -0.381 e. The lowest BCUT2D eigenvalue weighted by atomic mass is 9.95. The molecule has 5 heteroatoms. The summed E-state index contributed by atoms with van der Waals surface area (Å²) >= 11 is 0. The van der Waals surface area contributed by atoms with Crippen molar-refractivity contribution >= 4 is 0 Å². The zero-order chi connectivity index (χ0) is 14.9. The van der Waals surface area contributed by atoms with Crippen LogP contribution in [0, 0.1) is 11.8 Å². The van der Waals surface area contributed by atoms with Crippen LogP contribution in [0.3, 0.4) is 0 Å². The van der Waals surface area contributed by atoms with E-state index in [0.717, 1.165) is 64.3 Å². The van der Waals surface area contributed by atoms with Gasteiger partial charge in [0.15, 0.2) is 0 Å². The Labute approximate surface area is 131 Å². The van der Waals surface area contributed by atoms with Crippen molar-refractivity contribution in [3.05, 3.63) is 27.7 Å². The van der Waals surface area contributed by atoms with Crippen LogP contribution in [-0.2, 0) is 24.1 Å². The minimum absolute atomic E-state index is 0.0831. The lowest BCUT2D eigenvalue weighted by molar-refractivity contribution is 0.00789. The number of likely N-dealkylation sites (tertiary alicyclic amines) is 1. The van der Waals surface area contributed by atoms with Gasteiger partial charge in [-0.05, 0) is 43.6 Å². The predicted octanol–water partition coefficient (Wildman–Crippen LogP) is 1.09. The molecule has 1 aromatic rings. The number of aromatic nitrogens is 2. The summed E-state index contributed by atoms with van der Waals surface area (Å²) in [7, 11) is 0. The molecule has 1 aromatic heterocycles. The lowest BCUT2D eigenvalue weighted by Crippen LogP contribution is -2.51. The smallest absolute Gasteiger partial charge is 0.267 e. The number of ether oxygens (including phenoxy) is 1. The summed E-state index contributed by atoms with van der Waals surface area (Å²) in [6, 6.07) is 1.81. The van der Waals surface area contributed by atoms with Crippen molar-refractivity contribution in [2.75, 3.05) is 32.8 Å². The molecule has 3 heterocycles. The van der Waals surface area contributed by atoms with Gasteiger partial charge < -0.3 is 9.64 Å². The first-order chi connectivity index (χ1) is 10.8. The molecule has 0 aromatic carbocycles. The Morgan fingerprint density at radius 1 is 1.18 bits per heavy atom. The Hall–Kier alpha value is -1.20. The fraction of sp³-hybridized carbons (Fsp3) is 0.765. The highest BCUT2D eigenvalue weighted by Crippen LogP contribution is 2.23. The molecule has 1 atom stereocenters. The molecule has 0 radical (unpaired) electrons. The van der Waals surface area contributed by atoms with Gasteiger partial charge >= 0.3 is 0 Å². The molecule has 2 saturated heterocycles. The topological polar surface area (TPSA) is 47.4 Å². The van der Waals surface area contributed by atoms with E-state index in [1.165, 1.54) is 18.4 Å². The Morgan fingerprint density at radius 2 is 2.09 bits per heavy atom. The highest BCUT2D eigenvalue weighted by Gasteiger charge is 2.30. The van der Waals surface area contributed by atoms with Crippen molar-refractivity contribution in [3.8, 4) is 0 Å². The summed E-state index contributed by atoms with van der Waals surface area (Å²) in [5.41, 5.74) is 2.41. The van der Waals surface area contributed by atoms with E-state index in [0.29, 0.717) is 11.8 Å². The van der Waals surface area contributed by atoms with Crippen LogP contribution in [0.5, 0.6) is 0 Å². The normalized spacial score (nSPS) is 25.9. The van der Waals surface area contributed by atoms with Gasteiger partial charge in [-0.2, -0.15) is 5.10 Å². The van der Waals surface area contributed by atoms with Crippen molar-refractivity contribution in [1.82, 2.24) is 14.7 Å². The van der Waals surface area contributed by atoms with Crippen LogP contribution in [-0.4, -0.2) is 47.5 Å². The number of aryl methyl sites for hydroxylation is 2. The molecule has 0 saturated carbocycles. The van der Waals surface area contributed by atoms with Gasteiger partial charge in [-0.1, -0.05) is 0 Å². The van der Waals surface area contributed by atoms with Gasteiger partial charge in [0.25, 0.3) is 5.56 Å². The highest BCUT2D eigenvalue weighted by atomic mass is 16.5. The molecule has 5 nitrogen and oxygen atoms in total. The van der Waals surface area contributed by atoms with Crippen LogP contribution in [0.25, 0.3) is 0 Å². The van der Waals surface area contributed by atoms with Gasteiger partial charge in [-0.25, -0.2) is 4.68 Å². The SMILES string of the molecule is O=c1cc2c(nn1CC1CN(CC3CCCOC3)C1)CCC2. The minimum atomic E-state index is 0.0831. The third-order valence-electron chi connectivity index (χ3n) is 5.26. The van der Waals surface area contributed by atoms with Crippen molar-refractivity contribution in [3.63, 3.8) is 0 Å². The van der Waals surface area contributed by atoms with Gasteiger partial charge in [-0.3, -0.25) is 4.79 Å². The molecule has 4 rings (SSSR count). The average Bonchev–Trinajstić information content (AvgIpc) is 2.93. The average molecular weight is 303 g/mol. The first-order valence-electron chi connectivity index (χ1n) is 8.68. The lowest BCUT2D eigenvalue weighted by Gasteiger charge is -2.41. The van der Waals surface area contributed by atoms with E-state index in [4.69, 9.17) is 4.74 Å². The number of nitrogens with zero attached hydrogens (tertiary/aromatic N) is 3. The molecule has 2 fully saturated rings. The Morgan fingerprint density at radius 3 is 2.91 bits per heavy atom. The molecule has 22 heavy (non-hydrogen) atoms. The second-order valence-electron chi connectivity index (χ2n) is 7.16. The summed E-state index contributed by atoms with van der Waals surface area (Å²) in [5.74, 6) is 1.28. The Kier molecular flexibility index (Phi) is 4.01. The van der Waals surface area contributed by atoms with E-state index >= 15 is 0 Å². The first kappa shape index (κ1) is 14.4. The van der Waals surface area contributed by atoms with E-state index in [-0.39, 0.29) is 5.56 Å². The van der Waals surface area contributed by atoms with Gasteiger partial charge in [0.1, 0.15) is 0 Å². The maximum Gasteiger partial charge on any atom is 0.267 e. The van der Waals surface area contributed by atoms with Crippen molar-refractivity contribution in [1.29, 1.82) is 0 Å². The number of hydrogen-bond acceptors (Lipinski definition) is 4. The second-order valence-corrected chi connectivity index (χ2v) is 7.16. The molecule has 2 aliphatic heterocycles. The summed E-state index contributed by atoms with van der Waals surface area (Å²) in [6.45, 7) is 6.00.